The van der Waals surface area contributed by atoms with Crippen molar-refractivity contribution in [3.63, 3.8) is 0 Å². The summed E-state index contributed by atoms with van der Waals surface area (Å²) in [5.41, 5.74) is 1.27. The van der Waals surface area contributed by atoms with Crippen LogP contribution in [0.2, 0.25) is 5.02 Å². The number of hydrogen-bond acceptors (Lipinski definition) is 5. The molecule has 3 aromatic rings. The number of rotatable bonds is 8. The zero-order chi connectivity index (χ0) is 23.3. The van der Waals surface area contributed by atoms with Crippen molar-refractivity contribution in [2.75, 3.05) is 13.1 Å². The van der Waals surface area contributed by atoms with E-state index in [2.05, 4.69) is 0 Å². The number of carbonyl (C=O) groups is 1. The second-order valence-corrected chi connectivity index (χ2v) is 9.58. The van der Waals surface area contributed by atoms with Gasteiger partial charge in [-0.1, -0.05) is 35.9 Å². The lowest BCUT2D eigenvalue weighted by Crippen LogP contribution is -2.35. The summed E-state index contributed by atoms with van der Waals surface area (Å²) in [5, 5.41) is 29.6. The van der Waals surface area contributed by atoms with E-state index in [9.17, 15) is 28.5 Å². The average molecular weight is 476 g/mol. The number of aliphatic hydroxyl groups is 1. The highest BCUT2D eigenvalue weighted by atomic mass is 35.5. The van der Waals surface area contributed by atoms with Crippen molar-refractivity contribution < 1.29 is 28.5 Å². The Bertz CT molecular complexity index is 1180. The summed E-state index contributed by atoms with van der Waals surface area (Å²) in [6.45, 7) is 0.00000864. The first-order chi connectivity index (χ1) is 15.2. The summed E-state index contributed by atoms with van der Waals surface area (Å²) in [6, 6.07) is 18.0. The third-order valence-corrected chi connectivity index (χ3v) is 6.97. The standard InChI is InChI=1S/C23H22ClNO6S/c24-18-3-1-2-17(14-18)22(27)15-25(23(28)29)13-12-16-4-8-20(9-5-16)32(30,31)21-10-6-19(26)7-11-21/h1-11,14,22,26-27H,12-13,15H2,(H,28,29). The first-order valence-corrected chi connectivity index (χ1v) is 11.6. The lowest BCUT2D eigenvalue weighted by molar-refractivity contribution is 0.0973. The smallest absolute Gasteiger partial charge is 0.407 e. The van der Waals surface area contributed by atoms with Crippen molar-refractivity contribution in [2.24, 2.45) is 0 Å². The Hall–Kier alpha value is -3.07. The highest BCUT2D eigenvalue weighted by molar-refractivity contribution is 7.91. The molecular formula is C23H22ClNO6S. The monoisotopic (exact) mass is 475 g/mol. The van der Waals surface area contributed by atoms with E-state index in [4.69, 9.17) is 11.6 Å². The van der Waals surface area contributed by atoms with Crippen molar-refractivity contribution in [1.82, 2.24) is 4.90 Å². The van der Waals surface area contributed by atoms with E-state index in [1.54, 1.807) is 36.4 Å². The zero-order valence-corrected chi connectivity index (χ0v) is 18.5. The average Bonchev–Trinajstić information content (AvgIpc) is 2.77. The van der Waals surface area contributed by atoms with Crippen LogP contribution in [-0.4, -0.2) is 47.8 Å². The molecule has 0 aromatic heterocycles. The molecule has 3 aromatic carbocycles. The summed E-state index contributed by atoms with van der Waals surface area (Å²) in [6.07, 6.45) is -1.85. The fourth-order valence-corrected chi connectivity index (χ4v) is 4.61. The predicted octanol–water partition coefficient (Wildman–Crippen LogP) is 4.13. The van der Waals surface area contributed by atoms with Crippen LogP contribution < -0.4 is 0 Å². The fraction of sp³-hybridized carbons (Fsp3) is 0.174. The molecule has 168 valence electrons. The van der Waals surface area contributed by atoms with Crippen LogP contribution in [0, 0.1) is 0 Å². The van der Waals surface area contributed by atoms with E-state index >= 15 is 0 Å². The Labute approximate surface area is 191 Å². The van der Waals surface area contributed by atoms with Crippen molar-refractivity contribution in [1.29, 1.82) is 0 Å². The molecule has 3 N–H and O–H groups in total. The lowest BCUT2D eigenvalue weighted by atomic mass is 10.1. The Morgan fingerprint density at radius 3 is 2.12 bits per heavy atom. The minimum Gasteiger partial charge on any atom is -0.508 e. The SMILES string of the molecule is O=C(O)N(CCc1ccc(S(=O)(=O)c2ccc(O)cc2)cc1)CC(O)c1cccc(Cl)c1. The number of benzene rings is 3. The number of hydrogen-bond donors (Lipinski definition) is 3. The van der Waals surface area contributed by atoms with Gasteiger partial charge in [-0.2, -0.15) is 0 Å². The molecule has 0 aliphatic heterocycles. The lowest BCUT2D eigenvalue weighted by Gasteiger charge is -2.23. The topological polar surface area (TPSA) is 115 Å². The van der Waals surface area contributed by atoms with E-state index < -0.39 is 22.0 Å². The summed E-state index contributed by atoms with van der Waals surface area (Å²) in [5.74, 6) is -0.0252. The summed E-state index contributed by atoms with van der Waals surface area (Å²) in [7, 11) is -3.73. The molecule has 0 aliphatic carbocycles. The predicted molar refractivity (Wildman–Crippen MR) is 120 cm³/mol. The van der Waals surface area contributed by atoms with Crippen molar-refractivity contribution in [2.45, 2.75) is 22.3 Å². The van der Waals surface area contributed by atoms with Gasteiger partial charge in [0.15, 0.2) is 0 Å². The maximum Gasteiger partial charge on any atom is 0.407 e. The van der Waals surface area contributed by atoms with Crippen LogP contribution in [0.5, 0.6) is 5.75 Å². The first kappa shape index (κ1) is 23.6. The maximum atomic E-state index is 12.7. The molecular weight excluding hydrogens is 454 g/mol. The van der Waals surface area contributed by atoms with Crippen molar-refractivity contribution in [3.8, 4) is 5.75 Å². The highest BCUT2D eigenvalue weighted by Gasteiger charge is 2.20. The molecule has 0 radical (unpaired) electrons. The van der Waals surface area contributed by atoms with E-state index in [1.165, 1.54) is 36.4 Å². The van der Waals surface area contributed by atoms with Gasteiger partial charge >= 0.3 is 6.09 Å². The van der Waals surface area contributed by atoms with Crippen molar-refractivity contribution in [3.05, 3.63) is 88.9 Å². The molecule has 7 nitrogen and oxygen atoms in total. The molecule has 9 heteroatoms. The molecule has 1 unspecified atom stereocenters. The van der Waals surface area contributed by atoms with Gasteiger partial charge in [-0.25, -0.2) is 13.2 Å². The van der Waals surface area contributed by atoms with E-state index in [0.29, 0.717) is 17.0 Å². The first-order valence-electron chi connectivity index (χ1n) is 9.71. The van der Waals surface area contributed by atoms with Crippen LogP contribution in [0.1, 0.15) is 17.2 Å². The number of aromatic hydroxyl groups is 1. The molecule has 0 aliphatic rings. The van der Waals surface area contributed by atoms with Crippen LogP contribution in [-0.2, 0) is 16.3 Å². The third-order valence-electron chi connectivity index (χ3n) is 4.95. The van der Waals surface area contributed by atoms with Crippen LogP contribution >= 0.6 is 11.6 Å². The Morgan fingerprint density at radius 2 is 1.56 bits per heavy atom. The minimum atomic E-state index is -3.73. The molecule has 0 heterocycles. The Kier molecular flexibility index (Phi) is 7.40. The normalized spacial score (nSPS) is 12.3. The highest BCUT2D eigenvalue weighted by Crippen LogP contribution is 2.23. The van der Waals surface area contributed by atoms with Crippen molar-refractivity contribution >= 4 is 27.5 Å². The molecule has 3 rings (SSSR count). The fourth-order valence-electron chi connectivity index (χ4n) is 3.15. The quantitative estimate of drug-likeness (QED) is 0.451. The molecule has 0 fully saturated rings. The number of aliphatic hydroxyl groups excluding tert-OH is 1. The third kappa shape index (κ3) is 5.79. The molecule has 0 spiro atoms. The molecule has 1 amide bonds. The minimum absolute atomic E-state index is 0.0252. The molecule has 0 saturated carbocycles. The molecule has 0 saturated heterocycles. The Balaban J connectivity index is 1.66. The van der Waals surface area contributed by atoms with Crippen LogP contribution in [0.4, 0.5) is 4.79 Å². The second-order valence-electron chi connectivity index (χ2n) is 7.19. The number of halogens is 1. The van der Waals surface area contributed by atoms with Gasteiger partial charge in [-0.15, -0.1) is 0 Å². The summed E-state index contributed by atoms with van der Waals surface area (Å²) < 4.78 is 25.4. The Morgan fingerprint density at radius 1 is 0.969 bits per heavy atom. The maximum absolute atomic E-state index is 12.7. The molecule has 0 bridgehead atoms. The number of phenolic OH excluding ortho intramolecular Hbond substituents is 1. The van der Waals surface area contributed by atoms with Gasteiger partial charge < -0.3 is 20.2 Å². The van der Waals surface area contributed by atoms with Crippen LogP contribution in [0.15, 0.2) is 82.6 Å². The number of carboxylic acid groups (broad SMARTS) is 1. The van der Waals surface area contributed by atoms with E-state index in [1.807, 2.05) is 0 Å². The number of sulfone groups is 1. The largest absolute Gasteiger partial charge is 0.508 e. The zero-order valence-electron chi connectivity index (χ0n) is 16.9. The second kappa shape index (κ2) is 10.0. The van der Waals surface area contributed by atoms with Gasteiger partial charge in [0.25, 0.3) is 0 Å². The van der Waals surface area contributed by atoms with Gasteiger partial charge in [0.2, 0.25) is 9.84 Å². The van der Waals surface area contributed by atoms with Gasteiger partial charge in [0, 0.05) is 11.6 Å². The van der Waals surface area contributed by atoms with E-state index in [0.717, 1.165) is 10.5 Å². The summed E-state index contributed by atoms with van der Waals surface area (Å²) >= 11 is 5.93. The van der Waals surface area contributed by atoms with Gasteiger partial charge in [-0.05, 0) is 66.1 Å². The van der Waals surface area contributed by atoms with Gasteiger partial charge in [0.05, 0.1) is 22.4 Å². The molecule has 1 atom stereocenters. The number of phenols is 1. The van der Waals surface area contributed by atoms with E-state index in [-0.39, 0.29) is 28.6 Å². The number of amides is 1. The van der Waals surface area contributed by atoms with Gasteiger partial charge in [-0.3, -0.25) is 0 Å². The van der Waals surface area contributed by atoms with Crippen LogP contribution in [0.25, 0.3) is 0 Å². The summed E-state index contributed by atoms with van der Waals surface area (Å²) in [4.78, 5) is 12.9. The molecule has 32 heavy (non-hydrogen) atoms. The van der Waals surface area contributed by atoms with Crippen LogP contribution in [0.3, 0.4) is 0 Å². The van der Waals surface area contributed by atoms with Gasteiger partial charge in [0.1, 0.15) is 5.75 Å². The number of nitrogens with zero attached hydrogens (tertiary/aromatic N) is 1.